The van der Waals surface area contributed by atoms with Gasteiger partial charge in [-0.05, 0) is 30.7 Å². The van der Waals surface area contributed by atoms with E-state index in [0.717, 1.165) is 0 Å². The van der Waals surface area contributed by atoms with E-state index in [9.17, 15) is 13.2 Å². The summed E-state index contributed by atoms with van der Waals surface area (Å²) in [5.74, 6) is 0.953. The Hall–Kier alpha value is -2.54. The summed E-state index contributed by atoms with van der Waals surface area (Å²) in [6.45, 7) is 0.472. The predicted molar refractivity (Wildman–Crippen MR) is 97.1 cm³/mol. The Morgan fingerprint density at radius 2 is 1.85 bits per heavy atom. The zero-order valence-corrected chi connectivity index (χ0v) is 15.3. The van der Waals surface area contributed by atoms with Crippen LogP contribution in [0.3, 0.4) is 0 Å². The number of benzene rings is 2. The monoisotopic (exact) mass is 375 g/mol. The highest BCUT2D eigenvalue weighted by Crippen LogP contribution is 2.24. The summed E-state index contributed by atoms with van der Waals surface area (Å²) in [5, 5.41) is -0.578. The van der Waals surface area contributed by atoms with E-state index < -0.39 is 15.1 Å². The van der Waals surface area contributed by atoms with Crippen molar-refractivity contribution in [1.82, 2.24) is 4.90 Å². The molecule has 1 heterocycles. The molecule has 1 amide bonds. The highest BCUT2D eigenvalue weighted by Gasteiger charge is 2.36. The first-order chi connectivity index (χ1) is 12.5. The summed E-state index contributed by atoms with van der Waals surface area (Å²) in [6, 6.07) is 15.4. The third kappa shape index (κ3) is 3.99. The van der Waals surface area contributed by atoms with Crippen molar-refractivity contribution in [2.45, 2.75) is 16.6 Å². The van der Waals surface area contributed by atoms with Gasteiger partial charge < -0.3 is 14.4 Å². The second-order valence-corrected chi connectivity index (χ2v) is 8.30. The fourth-order valence-electron chi connectivity index (χ4n) is 2.94. The molecule has 0 aromatic heterocycles. The molecule has 1 unspecified atom stereocenters. The van der Waals surface area contributed by atoms with Gasteiger partial charge in [-0.2, -0.15) is 0 Å². The molecule has 138 valence electrons. The molecule has 1 aliphatic rings. The summed E-state index contributed by atoms with van der Waals surface area (Å²) in [7, 11) is -1.88. The summed E-state index contributed by atoms with van der Waals surface area (Å²) in [4.78, 5) is 14.2. The van der Waals surface area contributed by atoms with E-state index in [1.54, 1.807) is 66.6 Å². The van der Waals surface area contributed by atoms with Crippen LogP contribution in [-0.4, -0.2) is 51.3 Å². The third-order valence-electron chi connectivity index (χ3n) is 4.41. The standard InChI is InChI=1S/C19H21NO5S/c1-24-15-6-5-7-16(12-15)25-14-19(21)20-11-10-18(13-20)26(22,23)17-8-3-2-4-9-17/h2-9,12,18H,10-11,13-14H2,1H3. The number of rotatable bonds is 6. The molecule has 1 saturated heterocycles. The van der Waals surface area contributed by atoms with Gasteiger partial charge in [-0.25, -0.2) is 8.42 Å². The number of carbonyl (C=O) groups is 1. The molecule has 0 spiro atoms. The topological polar surface area (TPSA) is 72.9 Å². The molecule has 1 fully saturated rings. The molecule has 0 saturated carbocycles. The lowest BCUT2D eigenvalue weighted by molar-refractivity contribution is -0.132. The molecule has 2 aromatic carbocycles. The van der Waals surface area contributed by atoms with E-state index in [-0.39, 0.29) is 19.1 Å². The van der Waals surface area contributed by atoms with Crippen molar-refractivity contribution in [3.8, 4) is 11.5 Å². The summed E-state index contributed by atoms with van der Waals surface area (Å²) in [6.07, 6.45) is 0.433. The molecule has 1 atom stereocenters. The van der Waals surface area contributed by atoms with E-state index in [1.807, 2.05) is 0 Å². The van der Waals surface area contributed by atoms with E-state index in [0.29, 0.717) is 29.4 Å². The fourth-order valence-corrected chi connectivity index (χ4v) is 4.65. The van der Waals surface area contributed by atoms with Gasteiger partial charge in [-0.1, -0.05) is 24.3 Å². The van der Waals surface area contributed by atoms with E-state index in [4.69, 9.17) is 9.47 Å². The molecular weight excluding hydrogens is 354 g/mol. The second kappa shape index (κ2) is 7.78. The smallest absolute Gasteiger partial charge is 0.260 e. The molecule has 7 heteroatoms. The first-order valence-electron chi connectivity index (χ1n) is 8.34. The van der Waals surface area contributed by atoms with Crippen molar-refractivity contribution in [2.75, 3.05) is 26.8 Å². The zero-order valence-electron chi connectivity index (χ0n) is 14.5. The van der Waals surface area contributed by atoms with Gasteiger partial charge in [-0.15, -0.1) is 0 Å². The first kappa shape index (κ1) is 18.3. The maximum Gasteiger partial charge on any atom is 0.260 e. The second-order valence-electron chi connectivity index (χ2n) is 6.08. The Kier molecular flexibility index (Phi) is 5.46. The normalized spacial score (nSPS) is 17.1. The van der Waals surface area contributed by atoms with Gasteiger partial charge in [0.1, 0.15) is 11.5 Å². The van der Waals surface area contributed by atoms with Gasteiger partial charge in [0.05, 0.1) is 17.3 Å². The number of hydrogen-bond donors (Lipinski definition) is 0. The Labute approximate surface area is 153 Å². The molecular formula is C19H21NO5S. The zero-order chi connectivity index (χ0) is 18.6. The number of ether oxygens (including phenoxy) is 2. The number of nitrogens with zero attached hydrogens (tertiary/aromatic N) is 1. The van der Waals surface area contributed by atoms with Crippen molar-refractivity contribution in [2.24, 2.45) is 0 Å². The van der Waals surface area contributed by atoms with Crippen molar-refractivity contribution >= 4 is 15.7 Å². The SMILES string of the molecule is COc1cccc(OCC(=O)N2CCC(S(=O)(=O)c3ccccc3)C2)c1. The highest BCUT2D eigenvalue weighted by molar-refractivity contribution is 7.92. The number of carbonyl (C=O) groups excluding carboxylic acids is 1. The van der Waals surface area contributed by atoms with Crippen LogP contribution in [0, 0.1) is 0 Å². The molecule has 2 aromatic rings. The molecule has 3 rings (SSSR count). The maximum absolute atomic E-state index is 12.7. The van der Waals surface area contributed by atoms with Gasteiger partial charge in [0.15, 0.2) is 16.4 Å². The van der Waals surface area contributed by atoms with Crippen LogP contribution < -0.4 is 9.47 Å². The molecule has 0 radical (unpaired) electrons. The van der Waals surface area contributed by atoms with Gasteiger partial charge in [0.25, 0.3) is 5.91 Å². The van der Waals surface area contributed by atoms with E-state index >= 15 is 0 Å². The Bertz CT molecular complexity index is 867. The molecule has 0 N–H and O–H groups in total. The lowest BCUT2D eigenvalue weighted by Crippen LogP contribution is -2.35. The Morgan fingerprint density at radius 1 is 1.12 bits per heavy atom. The summed E-state index contributed by atoms with van der Waals surface area (Å²) in [5.41, 5.74) is 0. The lowest BCUT2D eigenvalue weighted by atomic mass is 10.3. The first-order valence-corrected chi connectivity index (χ1v) is 9.89. The van der Waals surface area contributed by atoms with Gasteiger partial charge in [0, 0.05) is 19.2 Å². The van der Waals surface area contributed by atoms with Crippen LogP contribution in [0.1, 0.15) is 6.42 Å². The molecule has 1 aliphatic heterocycles. The van der Waals surface area contributed by atoms with Gasteiger partial charge >= 0.3 is 0 Å². The van der Waals surface area contributed by atoms with Crippen LogP contribution in [0.2, 0.25) is 0 Å². The number of hydrogen-bond acceptors (Lipinski definition) is 5. The van der Waals surface area contributed by atoms with Crippen LogP contribution in [0.15, 0.2) is 59.5 Å². The Balaban J connectivity index is 1.59. The van der Waals surface area contributed by atoms with Crippen molar-refractivity contribution in [1.29, 1.82) is 0 Å². The molecule has 0 aliphatic carbocycles. The largest absolute Gasteiger partial charge is 0.497 e. The van der Waals surface area contributed by atoms with Crippen LogP contribution in [0.4, 0.5) is 0 Å². The van der Waals surface area contributed by atoms with Crippen LogP contribution in [-0.2, 0) is 14.6 Å². The fraction of sp³-hybridized carbons (Fsp3) is 0.316. The quantitative estimate of drug-likeness (QED) is 0.774. The lowest BCUT2D eigenvalue weighted by Gasteiger charge is -2.17. The maximum atomic E-state index is 12.7. The third-order valence-corrected chi connectivity index (χ3v) is 6.60. The minimum Gasteiger partial charge on any atom is -0.497 e. The average Bonchev–Trinajstić information content (AvgIpc) is 3.18. The number of amides is 1. The summed E-state index contributed by atoms with van der Waals surface area (Å²) < 4.78 is 36.0. The van der Waals surface area contributed by atoms with Crippen molar-refractivity contribution < 1.29 is 22.7 Å². The Morgan fingerprint density at radius 3 is 2.58 bits per heavy atom. The van der Waals surface area contributed by atoms with Gasteiger partial charge in [-0.3, -0.25) is 4.79 Å². The van der Waals surface area contributed by atoms with Crippen LogP contribution in [0.25, 0.3) is 0 Å². The number of methoxy groups -OCH3 is 1. The average molecular weight is 375 g/mol. The summed E-state index contributed by atoms with van der Waals surface area (Å²) >= 11 is 0. The van der Waals surface area contributed by atoms with Crippen molar-refractivity contribution in [3.05, 3.63) is 54.6 Å². The molecule has 0 bridgehead atoms. The van der Waals surface area contributed by atoms with Gasteiger partial charge in [0.2, 0.25) is 0 Å². The van der Waals surface area contributed by atoms with Crippen molar-refractivity contribution in [3.63, 3.8) is 0 Å². The molecule has 6 nitrogen and oxygen atoms in total. The predicted octanol–water partition coefficient (Wildman–Crippen LogP) is 2.15. The minimum atomic E-state index is -3.43. The van der Waals surface area contributed by atoms with E-state index in [1.165, 1.54) is 0 Å². The highest BCUT2D eigenvalue weighted by atomic mass is 32.2. The number of likely N-dealkylation sites (tertiary alicyclic amines) is 1. The minimum absolute atomic E-state index is 0.134. The number of sulfone groups is 1. The van der Waals surface area contributed by atoms with Crippen LogP contribution >= 0.6 is 0 Å². The van der Waals surface area contributed by atoms with E-state index in [2.05, 4.69) is 0 Å². The molecule has 26 heavy (non-hydrogen) atoms. The van der Waals surface area contributed by atoms with Crippen LogP contribution in [0.5, 0.6) is 11.5 Å².